The molecule has 5 rings (SSSR count). The molecule has 2 bridgehead atoms. The minimum absolute atomic E-state index is 0.00345. The van der Waals surface area contributed by atoms with E-state index in [4.69, 9.17) is 4.74 Å². The number of carbonyl (C=O) groups is 2. The number of carbonyl (C=O) groups excluding carboxylic acids is 2. The first-order valence-electron chi connectivity index (χ1n) is 12.2. The van der Waals surface area contributed by atoms with E-state index >= 15 is 0 Å². The van der Waals surface area contributed by atoms with E-state index in [0.717, 1.165) is 24.3 Å². The number of rotatable bonds is 7. The Morgan fingerprint density at radius 2 is 1.76 bits per heavy atom. The Labute approximate surface area is 231 Å². The number of halogens is 4. The third-order valence-corrected chi connectivity index (χ3v) is 8.67. The van der Waals surface area contributed by atoms with Gasteiger partial charge in [0.15, 0.2) is 0 Å². The third kappa shape index (κ3) is 5.26. The van der Waals surface area contributed by atoms with Crippen molar-refractivity contribution in [2.45, 2.75) is 22.9 Å². The number of hydrogen-bond acceptors (Lipinski definition) is 7. The molecule has 9 nitrogen and oxygen atoms in total. The van der Waals surface area contributed by atoms with Gasteiger partial charge in [0.2, 0.25) is 5.91 Å². The SMILES string of the molecule is COc1cc(F)c(-c2cncnc2)cc1C(=O)N[C@H]1[C@@H](C(=O)Nc2cccc(S(=O)(=O)C(F)(F)F)c2)[C@@H]2C=C[C@H]1C2. The van der Waals surface area contributed by atoms with Crippen LogP contribution in [-0.4, -0.2) is 48.9 Å². The zero-order valence-electron chi connectivity index (χ0n) is 21.2. The zero-order valence-corrected chi connectivity index (χ0v) is 22.0. The summed E-state index contributed by atoms with van der Waals surface area (Å²) in [5.41, 5.74) is -5.25. The average molecular weight is 591 g/mol. The molecular weight excluding hydrogens is 568 g/mol. The summed E-state index contributed by atoms with van der Waals surface area (Å²) >= 11 is 0. The Kier molecular flexibility index (Phi) is 7.28. The fourth-order valence-corrected chi connectivity index (χ4v) is 6.07. The number of sulfone groups is 1. The standard InChI is InChI=1S/C27H22F4N4O5S/c1-40-22-10-21(28)19(16-11-32-13-33-12-16)9-20(22)25(36)35-24-15-6-5-14(7-15)23(24)26(37)34-17-3-2-4-18(8-17)41(38,39)27(29,30)31/h2-6,8-15,23-24H,7H2,1H3,(H,34,37)(H,35,36)/t14-,15+,23+,24-/m1/s1. The summed E-state index contributed by atoms with van der Waals surface area (Å²) in [4.78, 5) is 33.5. The summed E-state index contributed by atoms with van der Waals surface area (Å²) in [7, 11) is -4.34. The Hall–Kier alpha value is -4.33. The van der Waals surface area contributed by atoms with Crippen molar-refractivity contribution in [2.24, 2.45) is 17.8 Å². The molecule has 0 saturated heterocycles. The second kappa shape index (κ2) is 10.6. The van der Waals surface area contributed by atoms with Crippen molar-refractivity contribution < 1.29 is 40.3 Å². The van der Waals surface area contributed by atoms with Gasteiger partial charge in [0, 0.05) is 41.3 Å². The van der Waals surface area contributed by atoms with Crippen LogP contribution >= 0.6 is 0 Å². The number of ether oxygens (including phenoxy) is 1. The van der Waals surface area contributed by atoms with Gasteiger partial charge in [-0.25, -0.2) is 22.8 Å². The molecule has 0 aliphatic heterocycles. The molecule has 41 heavy (non-hydrogen) atoms. The Morgan fingerprint density at radius 3 is 2.44 bits per heavy atom. The number of fused-ring (bicyclic) bond motifs is 2. The molecule has 0 unspecified atom stereocenters. The van der Waals surface area contributed by atoms with Gasteiger partial charge in [-0.15, -0.1) is 0 Å². The van der Waals surface area contributed by atoms with Gasteiger partial charge in [0.05, 0.1) is 23.5 Å². The second-order valence-corrected chi connectivity index (χ2v) is 11.5. The summed E-state index contributed by atoms with van der Waals surface area (Å²) in [5.74, 6) is -3.26. The maximum Gasteiger partial charge on any atom is 0.501 e. The predicted molar refractivity (Wildman–Crippen MR) is 138 cm³/mol. The lowest BCUT2D eigenvalue weighted by molar-refractivity contribution is -0.121. The molecule has 14 heteroatoms. The van der Waals surface area contributed by atoms with Gasteiger partial charge in [0.25, 0.3) is 15.7 Å². The van der Waals surface area contributed by atoms with E-state index in [9.17, 15) is 35.6 Å². The Morgan fingerprint density at radius 1 is 1.05 bits per heavy atom. The molecule has 0 radical (unpaired) electrons. The minimum atomic E-state index is -5.62. The van der Waals surface area contributed by atoms with Gasteiger partial charge in [-0.1, -0.05) is 18.2 Å². The van der Waals surface area contributed by atoms with E-state index < -0.39 is 49.8 Å². The maximum atomic E-state index is 14.8. The highest BCUT2D eigenvalue weighted by molar-refractivity contribution is 7.92. The molecular formula is C27H22F4N4O5S. The quantitative estimate of drug-likeness (QED) is 0.313. The monoisotopic (exact) mass is 590 g/mol. The lowest BCUT2D eigenvalue weighted by Gasteiger charge is -2.28. The number of alkyl halides is 3. The number of allylic oxidation sites excluding steroid dienone is 1. The number of aromatic nitrogens is 2. The molecule has 2 aromatic carbocycles. The highest BCUT2D eigenvalue weighted by Gasteiger charge is 2.49. The number of nitrogens with one attached hydrogen (secondary N) is 2. The van der Waals surface area contributed by atoms with E-state index in [2.05, 4.69) is 20.6 Å². The summed E-state index contributed by atoms with van der Waals surface area (Å²) in [6, 6.07) is 5.52. The fraction of sp³-hybridized carbons (Fsp3) is 0.259. The van der Waals surface area contributed by atoms with E-state index in [1.54, 1.807) is 0 Å². The first kappa shape index (κ1) is 28.2. The van der Waals surface area contributed by atoms with Crippen LogP contribution in [0.25, 0.3) is 11.1 Å². The van der Waals surface area contributed by atoms with Gasteiger partial charge < -0.3 is 15.4 Å². The second-order valence-electron chi connectivity index (χ2n) is 9.60. The first-order chi connectivity index (χ1) is 19.4. The van der Waals surface area contributed by atoms with Crippen molar-refractivity contribution in [3.05, 3.63) is 78.7 Å². The number of nitrogens with zero attached hydrogens (tertiary/aromatic N) is 2. The smallest absolute Gasteiger partial charge is 0.496 e. The van der Waals surface area contributed by atoms with Crippen LogP contribution in [0.15, 0.2) is 72.2 Å². The largest absolute Gasteiger partial charge is 0.501 e. The highest BCUT2D eigenvalue weighted by atomic mass is 32.2. The minimum Gasteiger partial charge on any atom is -0.496 e. The van der Waals surface area contributed by atoms with E-state index in [1.165, 1.54) is 38.0 Å². The number of hydrogen-bond donors (Lipinski definition) is 2. The highest BCUT2D eigenvalue weighted by Crippen LogP contribution is 2.45. The number of methoxy groups -OCH3 is 1. The van der Waals surface area contributed by atoms with E-state index in [1.807, 2.05) is 12.2 Å². The maximum absolute atomic E-state index is 14.8. The van der Waals surface area contributed by atoms with Gasteiger partial charge in [-0.2, -0.15) is 13.2 Å². The molecule has 1 saturated carbocycles. The van der Waals surface area contributed by atoms with Crippen molar-refractivity contribution >= 4 is 27.3 Å². The normalized spacial score (nSPS) is 21.5. The summed E-state index contributed by atoms with van der Waals surface area (Å²) in [5, 5.41) is 5.33. The van der Waals surface area contributed by atoms with Crippen molar-refractivity contribution in [2.75, 3.05) is 12.4 Å². The first-order valence-corrected chi connectivity index (χ1v) is 13.7. The van der Waals surface area contributed by atoms with Crippen LogP contribution in [0.5, 0.6) is 5.75 Å². The van der Waals surface area contributed by atoms with Crippen LogP contribution in [0.1, 0.15) is 16.8 Å². The molecule has 3 aromatic rings. The van der Waals surface area contributed by atoms with Gasteiger partial charge in [0.1, 0.15) is 17.9 Å². The van der Waals surface area contributed by atoms with E-state index in [0.29, 0.717) is 12.0 Å². The number of anilines is 1. The summed E-state index contributed by atoms with van der Waals surface area (Å²) in [6.45, 7) is 0. The molecule has 2 aliphatic carbocycles. The topological polar surface area (TPSA) is 127 Å². The fourth-order valence-electron chi connectivity index (χ4n) is 5.27. The van der Waals surface area contributed by atoms with Crippen molar-refractivity contribution in [1.29, 1.82) is 0 Å². The Balaban J connectivity index is 1.40. The molecule has 1 heterocycles. The molecule has 1 fully saturated rings. The molecule has 1 aromatic heterocycles. The number of amides is 2. The summed E-state index contributed by atoms with van der Waals surface area (Å²) < 4.78 is 82.7. The van der Waals surface area contributed by atoms with Gasteiger partial charge in [-0.05, 0) is 42.5 Å². The molecule has 4 atom stereocenters. The predicted octanol–water partition coefficient (Wildman–Crippen LogP) is 4.14. The lowest BCUT2D eigenvalue weighted by Crippen LogP contribution is -2.47. The molecule has 2 aliphatic rings. The molecule has 214 valence electrons. The van der Waals surface area contributed by atoms with Crippen molar-refractivity contribution in [1.82, 2.24) is 15.3 Å². The van der Waals surface area contributed by atoms with Crippen LogP contribution in [0.4, 0.5) is 23.2 Å². The molecule has 2 amide bonds. The average Bonchev–Trinajstić information content (AvgIpc) is 3.55. The van der Waals surface area contributed by atoms with Gasteiger partial charge >= 0.3 is 5.51 Å². The zero-order chi connectivity index (χ0) is 29.5. The van der Waals surface area contributed by atoms with Crippen LogP contribution in [0.3, 0.4) is 0 Å². The van der Waals surface area contributed by atoms with Crippen LogP contribution < -0.4 is 15.4 Å². The molecule has 0 spiro atoms. The van der Waals surface area contributed by atoms with Crippen LogP contribution in [0, 0.1) is 23.6 Å². The van der Waals surface area contributed by atoms with Gasteiger partial charge in [-0.3, -0.25) is 9.59 Å². The van der Waals surface area contributed by atoms with Crippen molar-refractivity contribution in [3.8, 4) is 16.9 Å². The third-order valence-electron chi connectivity index (χ3n) is 7.18. The summed E-state index contributed by atoms with van der Waals surface area (Å²) in [6.07, 6.45) is 8.28. The van der Waals surface area contributed by atoms with Crippen LogP contribution in [-0.2, 0) is 14.6 Å². The molecule has 2 N–H and O–H groups in total. The van der Waals surface area contributed by atoms with E-state index in [-0.39, 0.29) is 34.4 Å². The van der Waals surface area contributed by atoms with Crippen LogP contribution in [0.2, 0.25) is 0 Å². The Bertz CT molecular complexity index is 1650. The van der Waals surface area contributed by atoms with Crippen molar-refractivity contribution in [3.63, 3.8) is 0 Å². The number of benzene rings is 2. The lowest BCUT2D eigenvalue weighted by atomic mass is 9.87.